The minimum atomic E-state index is -1.06. The van der Waals surface area contributed by atoms with Crippen molar-refractivity contribution in [3.8, 4) is 5.69 Å². The number of aromatic amines is 1. The number of rotatable bonds is 4. The van der Waals surface area contributed by atoms with Crippen molar-refractivity contribution in [1.29, 1.82) is 0 Å². The molecular weight excluding hydrogens is 326 g/mol. The van der Waals surface area contributed by atoms with Crippen molar-refractivity contribution in [2.45, 2.75) is 6.92 Å². The average Bonchev–Trinajstić information content (AvgIpc) is 2.97. The summed E-state index contributed by atoms with van der Waals surface area (Å²) in [6, 6.07) is 9.28. The minimum absolute atomic E-state index is 0.0634. The third-order valence-electron chi connectivity index (χ3n) is 3.50. The van der Waals surface area contributed by atoms with Crippen molar-refractivity contribution in [3.63, 3.8) is 0 Å². The van der Waals surface area contributed by atoms with E-state index in [2.05, 4.69) is 20.6 Å². The summed E-state index contributed by atoms with van der Waals surface area (Å²) in [6.07, 6.45) is 1.27. The van der Waals surface area contributed by atoms with E-state index in [1.807, 2.05) is 0 Å². The van der Waals surface area contributed by atoms with Crippen molar-refractivity contribution >= 4 is 17.6 Å². The Labute approximate surface area is 140 Å². The SMILES string of the molecule is Cc1c(C(=O)O)cnn1-c1cccc(NC(=O)c2ccc(=O)[nH]n2)c1. The zero-order chi connectivity index (χ0) is 18.0. The van der Waals surface area contributed by atoms with Gasteiger partial charge in [0.1, 0.15) is 11.3 Å². The van der Waals surface area contributed by atoms with Crippen LogP contribution in [0.3, 0.4) is 0 Å². The van der Waals surface area contributed by atoms with E-state index in [0.717, 1.165) is 0 Å². The van der Waals surface area contributed by atoms with E-state index >= 15 is 0 Å². The van der Waals surface area contributed by atoms with Gasteiger partial charge in [0.15, 0.2) is 0 Å². The standard InChI is InChI=1S/C16H13N5O4/c1-9-12(16(24)25)8-17-21(9)11-4-2-3-10(7-11)18-15(23)13-5-6-14(22)20-19-13/h2-8H,1H3,(H,18,23)(H,20,22)(H,24,25). The van der Waals surface area contributed by atoms with Gasteiger partial charge in [-0.05, 0) is 31.2 Å². The first-order valence-corrected chi connectivity index (χ1v) is 7.21. The molecule has 0 bridgehead atoms. The van der Waals surface area contributed by atoms with Crippen LogP contribution in [-0.4, -0.2) is 37.0 Å². The van der Waals surface area contributed by atoms with E-state index in [0.29, 0.717) is 17.1 Å². The maximum Gasteiger partial charge on any atom is 0.339 e. The monoisotopic (exact) mass is 339 g/mol. The number of hydrogen-bond donors (Lipinski definition) is 3. The van der Waals surface area contributed by atoms with Crippen molar-refractivity contribution in [2.75, 3.05) is 5.32 Å². The molecule has 3 aromatic rings. The Morgan fingerprint density at radius 1 is 1.24 bits per heavy atom. The van der Waals surface area contributed by atoms with Crippen molar-refractivity contribution in [1.82, 2.24) is 20.0 Å². The number of nitrogens with one attached hydrogen (secondary N) is 2. The van der Waals surface area contributed by atoms with Crippen LogP contribution in [0.25, 0.3) is 5.69 Å². The quantitative estimate of drug-likeness (QED) is 0.655. The number of nitrogens with zero attached hydrogens (tertiary/aromatic N) is 3. The molecule has 0 saturated heterocycles. The van der Waals surface area contributed by atoms with Crippen molar-refractivity contribution < 1.29 is 14.7 Å². The van der Waals surface area contributed by atoms with E-state index in [1.54, 1.807) is 31.2 Å². The van der Waals surface area contributed by atoms with Crippen LogP contribution in [0.2, 0.25) is 0 Å². The number of carbonyl (C=O) groups is 2. The summed E-state index contributed by atoms with van der Waals surface area (Å²) in [5, 5.41) is 21.7. The van der Waals surface area contributed by atoms with Crippen LogP contribution in [0.5, 0.6) is 0 Å². The van der Waals surface area contributed by atoms with Gasteiger partial charge >= 0.3 is 5.97 Å². The topological polar surface area (TPSA) is 130 Å². The molecule has 3 rings (SSSR count). The van der Waals surface area contributed by atoms with Crippen LogP contribution in [0.1, 0.15) is 26.5 Å². The first kappa shape index (κ1) is 16.1. The molecule has 0 atom stereocenters. The number of anilines is 1. The van der Waals surface area contributed by atoms with Crippen molar-refractivity contribution in [3.05, 3.63) is 69.9 Å². The largest absolute Gasteiger partial charge is 0.478 e. The molecular formula is C16H13N5O4. The molecule has 0 unspecified atom stereocenters. The molecule has 0 radical (unpaired) electrons. The lowest BCUT2D eigenvalue weighted by Gasteiger charge is -2.08. The first-order valence-electron chi connectivity index (χ1n) is 7.21. The van der Waals surface area contributed by atoms with Gasteiger partial charge in [0.25, 0.3) is 11.5 Å². The molecule has 0 aliphatic heterocycles. The van der Waals surface area contributed by atoms with Gasteiger partial charge in [-0.3, -0.25) is 9.59 Å². The number of amides is 1. The highest BCUT2D eigenvalue weighted by molar-refractivity contribution is 6.02. The summed E-state index contributed by atoms with van der Waals surface area (Å²) in [6.45, 7) is 1.64. The maximum atomic E-state index is 12.1. The number of carboxylic acid groups (broad SMARTS) is 1. The summed E-state index contributed by atoms with van der Waals surface area (Å²) in [7, 11) is 0. The Morgan fingerprint density at radius 3 is 2.68 bits per heavy atom. The highest BCUT2D eigenvalue weighted by atomic mass is 16.4. The number of aromatic carboxylic acids is 1. The number of hydrogen-bond acceptors (Lipinski definition) is 5. The Bertz CT molecular complexity index is 1000. The Hall–Kier alpha value is -3.75. The van der Waals surface area contributed by atoms with E-state index < -0.39 is 17.4 Å². The van der Waals surface area contributed by atoms with Gasteiger partial charge in [-0.1, -0.05) is 6.07 Å². The van der Waals surface area contributed by atoms with Gasteiger partial charge in [0.05, 0.1) is 17.6 Å². The molecule has 1 aromatic carbocycles. The lowest BCUT2D eigenvalue weighted by atomic mass is 10.2. The molecule has 2 heterocycles. The summed E-state index contributed by atoms with van der Waals surface area (Å²) in [4.78, 5) is 34.2. The summed E-state index contributed by atoms with van der Waals surface area (Å²) >= 11 is 0. The normalized spacial score (nSPS) is 10.4. The Kier molecular flexibility index (Phi) is 4.12. The molecule has 3 N–H and O–H groups in total. The van der Waals surface area contributed by atoms with Gasteiger partial charge in [-0.2, -0.15) is 10.2 Å². The fourth-order valence-electron chi connectivity index (χ4n) is 2.26. The molecule has 9 nitrogen and oxygen atoms in total. The molecule has 0 spiro atoms. The number of benzene rings is 1. The zero-order valence-corrected chi connectivity index (χ0v) is 13.1. The summed E-state index contributed by atoms with van der Waals surface area (Å²) < 4.78 is 1.47. The molecule has 0 aliphatic rings. The number of carbonyl (C=O) groups excluding carboxylic acids is 1. The van der Waals surface area contributed by atoms with E-state index in [-0.39, 0.29) is 11.3 Å². The Balaban J connectivity index is 1.87. The third kappa shape index (κ3) is 3.29. The predicted octanol–water partition coefficient (Wildman–Crippen LogP) is 1.21. The second kappa shape index (κ2) is 6.40. The molecule has 1 amide bonds. The highest BCUT2D eigenvalue weighted by Gasteiger charge is 2.14. The van der Waals surface area contributed by atoms with Crippen LogP contribution >= 0.6 is 0 Å². The van der Waals surface area contributed by atoms with E-state index in [4.69, 9.17) is 5.11 Å². The molecule has 9 heteroatoms. The minimum Gasteiger partial charge on any atom is -0.478 e. The first-order chi connectivity index (χ1) is 12.0. The average molecular weight is 339 g/mol. The molecule has 0 aliphatic carbocycles. The third-order valence-corrected chi connectivity index (χ3v) is 3.50. The smallest absolute Gasteiger partial charge is 0.339 e. The van der Waals surface area contributed by atoms with Crippen LogP contribution in [0.4, 0.5) is 5.69 Å². The predicted molar refractivity (Wildman–Crippen MR) is 88.1 cm³/mol. The fourth-order valence-corrected chi connectivity index (χ4v) is 2.26. The molecule has 0 saturated carbocycles. The second-order valence-corrected chi connectivity index (χ2v) is 5.17. The summed E-state index contributed by atoms with van der Waals surface area (Å²) in [5.41, 5.74) is 1.31. The number of carboxylic acids is 1. The lowest BCUT2D eigenvalue weighted by Crippen LogP contribution is -2.17. The van der Waals surface area contributed by atoms with E-state index in [1.165, 1.54) is 23.0 Å². The lowest BCUT2D eigenvalue weighted by molar-refractivity contribution is 0.0696. The fraction of sp³-hybridized carbons (Fsp3) is 0.0625. The van der Waals surface area contributed by atoms with E-state index in [9.17, 15) is 14.4 Å². The number of H-pyrrole nitrogens is 1. The number of aromatic nitrogens is 4. The zero-order valence-electron chi connectivity index (χ0n) is 13.1. The highest BCUT2D eigenvalue weighted by Crippen LogP contribution is 2.18. The molecule has 25 heavy (non-hydrogen) atoms. The van der Waals surface area contributed by atoms with Gasteiger partial charge in [-0.25, -0.2) is 14.6 Å². The van der Waals surface area contributed by atoms with Crippen molar-refractivity contribution in [2.24, 2.45) is 0 Å². The van der Waals surface area contributed by atoms with Crippen LogP contribution in [-0.2, 0) is 0 Å². The second-order valence-electron chi connectivity index (χ2n) is 5.17. The molecule has 0 fully saturated rings. The maximum absolute atomic E-state index is 12.1. The van der Waals surface area contributed by atoms with Gasteiger partial charge in [0, 0.05) is 11.8 Å². The van der Waals surface area contributed by atoms with Crippen LogP contribution < -0.4 is 10.9 Å². The summed E-state index contributed by atoms with van der Waals surface area (Å²) in [5.74, 6) is -1.55. The van der Waals surface area contributed by atoms with Gasteiger partial charge in [0.2, 0.25) is 0 Å². The molecule has 2 aromatic heterocycles. The van der Waals surface area contributed by atoms with Crippen LogP contribution in [0.15, 0.2) is 47.4 Å². The Morgan fingerprint density at radius 2 is 2.04 bits per heavy atom. The molecule has 126 valence electrons. The van der Waals surface area contributed by atoms with Gasteiger partial charge in [-0.15, -0.1) is 0 Å². The van der Waals surface area contributed by atoms with Crippen LogP contribution in [0, 0.1) is 6.92 Å². The van der Waals surface area contributed by atoms with Gasteiger partial charge < -0.3 is 10.4 Å².